The number of halogens is 2. The molecular weight excluding hydrogens is 771 g/mol. The topological polar surface area (TPSA) is 88.4 Å². The third-order valence-electron chi connectivity index (χ3n) is 6.94. The molecule has 0 saturated heterocycles. The van der Waals surface area contributed by atoms with E-state index in [4.69, 9.17) is 23.9 Å². The van der Waals surface area contributed by atoms with Crippen LogP contribution in [0.2, 0.25) is 0 Å². The van der Waals surface area contributed by atoms with E-state index in [0.717, 1.165) is 19.2 Å². The highest BCUT2D eigenvalue weighted by Gasteiger charge is 2.35. The Bertz CT molecular complexity index is 1950. The van der Waals surface area contributed by atoms with Crippen molar-refractivity contribution in [2.24, 2.45) is 4.99 Å². The summed E-state index contributed by atoms with van der Waals surface area (Å²) in [7, 11) is 1.59. The van der Waals surface area contributed by atoms with Gasteiger partial charge in [0.05, 0.1) is 39.2 Å². The third kappa shape index (κ3) is 7.20. The number of hydrogen-bond acceptors (Lipinski definition) is 8. The predicted molar refractivity (Wildman–Crippen MR) is 187 cm³/mol. The largest absolute Gasteiger partial charge is 0.493 e. The van der Waals surface area contributed by atoms with Gasteiger partial charge < -0.3 is 18.9 Å². The molecule has 0 spiro atoms. The van der Waals surface area contributed by atoms with Crippen molar-refractivity contribution >= 4 is 61.9 Å². The Kier molecular flexibility index (Phi) is 10.5. The maximum Gasteiger partial charge on any atom is 0.338 e. The number of rotatable bonds is 10. The van der Waals surface area contributed by atoms with Gasteiger partial charge in [0.2, 0.25) is 0 Å². The van der Waals surface area contributed by atoms with Gasteiger partial charge in [-0.2, -0.15) is 0 Å². The summed E-state index contributed by atoms with van der Waals surface area (Å²) >= 11 is 6.93. The van der Waals surface area contributed by atoms with Crippen LogP contribution in [0.3, 0.4) is 0 Å². The Labute approximate surface area is 287 Å². The van der Waals surface area contributed by atoms with Gasteiger partial charge in [0.25, 0.3) is 5.56 Å². The Morgan fingerprint density at radius 2 is 1.87 bits per heavy atom. The van der Waals surface area contributed by atoms with Crippen LogP contribution in [0.4, 0.5) is 0 Å². The van der Waals surface area contributed by atoms with Gasteiger partial charge in [0, 0.05) is 10.0 Å². The standard InChI is InChI=1S/C34H32BrIN2O6S/c1-6-42-33(40)29-20(4)37-34-38(30(29)24-9-7-8-10-26(24)44-19(2)3)32(39)28(45-34)17-22-15-25(36)31(27(16-22)41-5)43-18-21-11-13-23(35)14-12-21/h7-17,19,30H,6,18H2,1-5H3/b28-17+/t30-/m1/s1. The summed E-state index contributed by atoms with van der Waals surface area (Å²) in [6, 6.07) is 18.4. The molecule has 5 rings (SSSR count). The molecule has 45 heavy (non-hydrogen) atoms. The molecule has 3 aromatic carbocycles. The van der Waals surface area contributed by atoms with Gasteiger partial charge in [-0.1, -0.05) is 57.6 Å². The van der Waals surface area contributed by atoms with Crippen LogP contribution < -0.4 is 29.1 Å². The van der Waals surface area contributed by atoms with E-state index in [1.54, 1.807) is 25.5 Å². The van der Waals surface area contributed by atoms with E-state index in [9.17, 15) is 9.59 Å². The first-order chi connectivity index (χ1) is 21.6. The van der Waals surface area contributed by atoms with Crippen LogP contribution in [0, 0.1) is 3.57 Å². The molecule has 4 aromatic rings. The summed E-state index contributed by atoms with van der Waals surface area (Å²) in [6.45, 7) is 7.95. The van der Waals surface area contributed by atoms with Gasteiger partial charge in [-0.05, 0) is 97.8 Å². The Morgan fingerprint density at radius 1 is 1.13 bits per heavy atom. The molecular formula is C34H32BrIN2O6S. The van der Waals surface area contributed by atoms with Crippen LogP contribution in [0.15, 0.2) is 86.2 Å². The normalized spacial score (nSPS) is 14.7. The molecule has 2 heterocycles. The van der Waals surface area contributed by atoms with Crippen molar-refractivity contribution in [1.82, 2.24) is 4.57 Å². The smallest absolute Gasteiger partial charge is 0.338 e. The molecule has 0 fully saturated rings. The maximum atomic E-state index is 14.2. The number of fused-ring (bicyclic) bond motifs is 1. The lowest BCUT2D eigenvalue weighted by molar-refractivity contribution is -0.139. The summed E-state index contributed by atoms with van der Waals surface area (Å²) in [5.41, 5.74) is 2.99. The highest BCUT2D eigenvalue weighted by atomic mass is 127. The number of nitrogens with zero attached hydrogens (tertiary/aromatic N) is 2. The van der Waals surface area contributed by atoms with Crippen molar-refractivity contribution in [3.05, 3.63) is 116 Å². The fourth-order valence-corrected chi connectivity index (χ4v) is 7.10. The van der Waals surface area contributed by atoms with Gasteiger partial charge in [-0.15, -0.1) is 0 Å². The number of thiazole rings is 1. The lowest BCUT2D eigenvalue weighted by Crippen LogP contribution is -2.40. The second-order valence-corrected chi connectivity index (χ2v) is 13.5. The lowest BCUT2D eigenvalue weighted by atomic mass is 9.95. The van der Waals surface area contributed by atoms with Crippen molar-refractivity contribution in [3.63, 3.8) is 0 Å². The van der Waals surface area contributed by atoms with E-state index in [2.05, 4.69) is 38.5 Å². The molecule has 0 radical (unpaired) electrons. The molecule has 0 amide bonds. The van der Waals surface area contributed by atoms with Crippen molar-refractivity contribution in [2.75, 3.05) is 13.7 Å². The maximum absolute atomic E-state index is 14.2. The van der Waals surface area contributed by atoms with Crippen LogP contribution in [0.25, 0.3) is 6.08 Å². The van der Waals surface area contributed by atoms with Gasteiger partial charge in [-0.3, -0.25) is 9.36 Å². The average molecular weight is 804 g/mol. The Hall–Kier alpha value is -3.42. The van der Waals surface area contributed by atoms with Crippen molar-refractivity contribution in [3.8, 4) is 17.2 Å². The van der Waals surface area contributed by atoms with Crippen molar-refractivity contribution < 1.29 is 23.7 Å². The number of hydrogen-bond donors (Lipinski definition) is 0. The average Bonchev–Trinajstić information content (AvgIpc) is 3.30. The molecule has 1 aliphatic heterocycles. The Morgan fingerprint density at radius 3 is 2.56 bits per heavy atom. The van der Waals surface area contributed by atoms with Gasteiger partial charge in [0.1, 0.15) is 18.4 Å². The number of carbonyl (C=O) groups is 1. The minimum atomic E-state index is -0.776. The van der Waals surface area contributed by atoms with E-state index < -0.39 is 12.0 Å². The third-order valence-corrected chi connectivity index (χ3v) is 9.25. The number of esters is 1. The van der Waals surface area contributed by atoms with Crippen LogP contribution in [-0.4, -0.2) is 30.4 Å². The van der Waals surface area contributed by atoms with E-state index in [-0.39, 0.29) is 18.3 Å². The van der Waals surface area contributed by atoms with Gasteiger partial charge in [0.15, 0.2) is 16.3 Å². The zero-order valence-electron chi connectivity index (χ0n) is 25.4. The number of carbonyl (C=O) groups excluding carboxylic acids is 1. The molecule has 0 bridgehead atoms. The second-order valence-electron chi connectivity index (χ2n) is 10.5. The van der Waals surface area contributed by atoms with Gasteiger partial charge in [-0.25, -0.2) is 9.79 Å². The number of para-hydroxylation sites is 1. The first-order valence-corrected chi connectivity index (χ1v) is 17.0. The molecule has 1 atom stereocenters. The fourth-order valence-electron chi connectivity index (χ4n) is 5.00. The minimum absolute atomic E-state index is 0.114. The quantitative estimate of drug-likeness (QED) is 0.134. The summed E-state index contributed by atoms with van der Waals surface area (Å²) in [5.74, 6) is 1.24. The first kappa shape index (κ1) is 33.0. The minimum Gasteiger partial charge on any atom is -0.493 e. The van der Waals surface area contributed by atoms with Crippen molar-refractivity contribution in [1.29, 1.82) is 0 Å². The summed E-state index contributed by atoms with van der Waals surface area (Å²) < 4.78 is 27.3. The molecule has 11 heteroatoms. The Balaban J connectivity index is 1.60. The first-order valence-electron chi connectivity index (χ1n) is 14.3. The van der Waals surface area contributed by atoms with Crippen LogP contribution in [0.5, 0.6) is 17.2 Å². The zero-order chi connectivity index (χ0) is 32.2. The number of methoxy groups -OCH3 is 1. The van der Waals surface area contributed by atoms with Gasteiger partial charge >= 0.3 is 5.97 Å². The van der Waals surface area contributed by atoms with E-state index in [1.165, 1.54) is 11.3 Å². The number of benzene rings is 3. The number of aromatic nitrogens is 1. The van der Waals surface area contributed by atoms with E-state index in [0.29, 0.717) is 50.0 Å². The van der Waals surface area contributed by atoms with Crippen LogP contribution >= 0.6 is 49.9 Å². The molecule has 1 aliphatic rings. The van der Waals surface area contributed by atoms with E-state index in [1.807, 2.05) is 80.6 Å². The van der Waals surface area contributed by atoms with Crippen LogP contribution in [0.1, 0.15) is 50.4 Å². The number of allylic oxidation sites excluding steroid dienone is 1. The zero-order valence-corrected chi connectivity index (χ0v) is 30.0. The molecule has 8 nitrogen and oxygen atoms in total. The molecule has 0 unspecified atom stereocenters. The monoisotopic (exact) mass is 802 g/mol. The number of ether oxygens (including phenoxy) is 4. The van der Waals surface area contributed by atoms with Crippen LogP contribution in [-0.2, 0) is 16.1 Å². The molecule has 234 valence electrons. The summed E-state index contributed by atoms with van der Waals surface area (Å²) in [5, 5.41) is 0. The van der Waals surface area contributed by atoms with Crippen molar-refractivity contribution in [2.45, 2.75) is 46.4 Å². The molecule has 0 saturated carbocycles. The second kappa shape index (κ2) is 14.3. The molecule has 0 aliphatic carbocycles. The highest BCUT2D eigenvalue weighted by molar-refractivity contribution is 14.1. The highest BCUT2D eigenvalue weighted by Crippen LogP contribution is 2.37. The molecule has 0 N–H and O–H groups in total. The SMILES string of the molecule is CCOC(=O)C1=C(C)N=c2s/c(=C/c3cc(I)c(OCc4ccc(Br)cc4)c(OC)c3)c(=O)n2[C@@H]1c1ccccc1OC(C)C. The fraction of sp³-hybridized carbons (Fsp3) is 0.265. The molecule has 1 aromatic heterocycles. The lowest BCUT2D eigenvalue weighted by Gasteiger charge is -2.26. The predicted octanol–water partition coefficient (Wildman–Crippen LogP) is 6.54. The summed E-state index contributed by atoms with van der Waals surface area (Å²) in [6.07, 6.45) is 1.70. The summed E-state index contributed by atoms with van der Waals surface area (Å²) in [4.78, 5) is 32.7. The van der Waals surface area contributed by atoms with E-state index >= 15 is 0 Å².